The fourth-order valence-electron chi connectivity index (χ4n) is 1.80. The molecule has 0 aromatic heterocycles. The van der Waals surface area contributed by atoms with Gasteiger partial charge >= 0.3 is 0 Å². The van der Waals surface area contributed by atoms with Crippen molar-refractivity contribution < 1.29 is 4.79 Å². The van der Waals surface area contributed by atoms with E-state index in [1.54, 1.807) is 36.4 Å². The fraction of sp³-hybridized carbons (Fsp3) is 0.118. The summed E-state index contributed by atoms with van der Waals surface area (Å²) in [5.41, 5.74) is 5.37. The molecule has 1 N–H and O–H groups in total. The number of nitriles is 1. The molecule has 2 aromatic rings. The summed E-state index contributed by atoms with van der Waals surface area (Å²) >= 11 is 0. The molecular formula is C17H16N4O. The molecule has 0 unspecified atom stereocenters. The van der Waals surface area contributed by atoms with Crippen molar-refractivity contribution in [3.8, 4) is 6.07 Å². The number of benzene rings is 2. The van der Waals surface area contributed by atoms with E-state index < -0.39 is 0 Å². The second-order valence-corrected chi connectivity index (χ2v) is 4.88. The van der Waals surface area contributed by atoms with Gasteiger partial charge in [0.15, 0.2) is 0 Å². The molecule has 0 radical (unpaired) electrons. The molecule has 0 fully saturated rings. The molecule has 22 heavy (non-hydrogen) atoms. The predicted octanol–water partition coefficient (Wildman–Crippen LogP) is 2.39. The van der Waals surface area contributed by atoms with Crippen LogP contribution in [0.25, 0.3) is 0 Å². The highest BCUT2D eigenvalue weighted by molar-refractivity contribution is 5.95. The van der Waals surface area contributed by atoms with Gasteiger partial charge in [-0.25, -0.2) is 5.43 Å². The van der Waals surface area contributed by atoms with Crippen LogP contribution in [-0.2, 0) is 0 Å². The van der Waals surface area contributed by atoms with Crippen LogP contribution in [0.2, 0.25) is 0 Å². The molecule has 5 heteroatoms. The minimum absolute atomic E-state index is 0.270. The predicted molar refractivity (Wildman–Crippen MR) is 87.0 cm³/mol. The first-order chi connectivity index (χ1) is 10.6. The molecule has 2 aromatic carbocycles. The molecule has 0 spiro atoms. The van der Waals surface area contributed by atoms with Crippen LogP contribution in [0.5, 0.6) is 0 Å². The minimum Gasteiger partial charge on any atom is -0.378 e. The van der Waals surface area contributed by atoms with Crippen molar-refractivity contribution in [1.82, 2.24) is 5.43 Å². The van der Waals surface area contributed by atoms with Crippen LogP contribution >= 0.6 is 0 Å². The van der Waals surface area contributed by atoms with E-state index in [0.29, 0.717) is 11.1 Å². The second-order valence-electron chi connectivity index (χ2n) is 4.88. The van der Waals surface area contributed by atoms with E-state index in [0.717, 1.165) is 11.3 Å². The number of amides is 1. The SMILES string of the molecule is CN(C)c1cccc(C(=O)N/N=C/c2ccc(C#N)cc2)c1. The van der Waals surface area contributed by atoms with Gasteiger partial charge in [-0.15, -0.1) is 0 Å². The number of hydrogen-bond donors (Lipinski definition) is 1. The van der Waals surface area contributed by atoms with Crippen LogP contribution in [0.4, 0.5) is 5.69 Å². The average molecular weight is 292 g/mol. The lowest BCUT2D eigenvalue weighted by atomic mass is 10.2. The number of hydrogen-bond acceptors (Lipinski definition) is 4. The lowest BCUT2D eigenvalue weighted by Crippen LogP contribution is -2.18. The Labute approximate surface area is 129 Å². The molecule has 0 saturated carbocycles. The highest BCUT2D eigenvalue weighted by Gasteiger charge is 2.05. The molecule has 0 atom stereocenters. The molecule has 0 aliphatic carbocycles. The van der Waals surface area contributed by atoms with Crippen molar-refractivity contribution in [2.24, 2.45) is 5.10 Å². The summed E-state index contributed by atoms with van der Waals surface area (Å²) in [7, 11) is 3.83. The van der Waals surface area contributed by atoms with Gasteiger partial charge in [0, 0.05) is 25.3 Å². The number of carbonyl (C=O) groups excluding carboxylic acids is 1. The second kappa shape index (κ2) is 7.04. The van der Waals surface area contributed by atoms with Crippen molar-refractivity contribution >= 4 is 17.8 Å². The molecule has 0 aliphatic heterocycles. The summed E-state index contributed by atoms with van der Waals surface area (Å²) in [6, 6.07) is 16.3. The highest BCUT2D eigenvalue weighted by Crippen LogP contribution is 2.13. The van der Waals surface area contributed by atoms with Gasteiger partial charge in [-0.2, -0.15) is 10.4 Å². The topological polar surface area (TPSA) is 68.5 Å². The van der Waals surface area contributed by atoms with Gasteiger partial charge in [0.25, 0.3) is 5.91 Å². The number of hydrazone groups is 1. The Kier molecular flexibility index (Phi) is 4.89. The number of nitrogens with one attached hydrogen (secondary N) is 1. The van der Waals surface area contributed by atoms with Gasteiger partial charge < -0.3 is 4.90 Å². The molecule has 5 nitrogen and oxygen atoms in total. The third kappa shape index (κ3) is 3.93. The first kappa shape index (κ1) is 15.3. The molecule has 0 bridgehead atoms. The standard InChI is InChI=1S/C17H16N4O/c1-21(2)16-5-3-4-15(10-16)17(22)20-19-12-14-8-6-13(11-18)7-9-14/h3-10,12H,1-2H3,(H,20,22)/b19-12+. The maximum absolute atomic E-state index is 12.0. The van der Waals surface area contributed by atoms with Crippen LogP contribution in [-0.4, -0.2) is 26.2 Å². The Morgan fingerprint density at radius 1 is 1.23 bits per heavy atom. The summed E-state index contributed by atoms with van der Waals surface area (Å²) in [5, 5.41) is 12.6. The van der Waals surface area contributed by atoms with Gasteiger partial charge in [0.1, 0.15) is 0 Å². The van der Waals surface area contributed by atoms with Crippen molar-refractivity contribution in [3.63, 3.8) is 0 Å². The van der Waals surface area contributed by atoms with Crippen molar-refractivity contribution in [2.75, 3.05) is 19.0 Å². The molecule has 2 rings (SSSR count). The van der Waals surface area contributed by atoms with Crippen LogP contribution in [0.3, 0.4) is 0 Å². The van der Waals surface area contributed by atoms with Gasteiger partial charge in [0.2, 0.25) is 0 Å². The van der Waals surface area contributed by atoms with Crippen molar-refractivity contribution in [3.05, 3.63) is 65.2 Å². The van der Waals surface area contributed by atoms with E-state index in [2.05, 4.69) is 10.5 Å². The number of nitrogens with zero attached hydrogens (tertiary/aromatic N) is 3. The van der Waals surface area contributed by atoms with E-state index >= 15 is 0 Å². The van der Waals surface area contributed by atoms with E-state index in [-0.39, 0.29) is 5.91 Å². The molecule has 110 valence electrons. The Balaban J connectivity index is 2.01. The normalized spacial score (nSPS) is 10.2. The summed E-state index contributed by atoms with van der Waals surface area (Å²) < 4.78 is 0. The lowest BCUT2D eigenvalue weighted by Gasteiger charge is -2.12. The largest absolute Gasteiger partial charge is 0.378 e. The average Bonchev–Trinajstić information content (AvgIpc) is 2.55. The smallest absolute Gasteiger partial charge is 0.271 e. The molecule has 0 heterocycles. The van der Waals surface area contributed by atoms with Crippen LogP contribution < -0.4 is 10.3 Å². The Morgan fingerprint density at radius 3 is 2.59 bits per heavy atom. The summed E-state index contributed by atoms with van der Waals surface area (Å²) in [5.74, 6) is -0.270. The lowest BCUT2D eigenvalue weighted by molar-refractivity contribution is 0.0955. The van der Waals surface area contributed by atoms with Crippen LogP contribution in [0, 0.1) is 11.3 Å². The first-order valence-electron chi connectivity index (χ1n) is 6.71. The Hall–Kier alpha value is -3.13. The highest BCUT2D eigenvalue weighted by atomic mass is 16.2. The monoisotopic (exact) mass is 292 g/mol. The van der Waals surface area contributed by atoms with Gasteiger partial charge in [-0.05, 0) is 35.9 Å². The number of anilines is 1. The van der Waals surface area contributed by atoms with Crippen molar-refractivity contribution in [1.29, 1.82) is 5.26 Å². The summed E-state index contributed by atoms with van der Waals surface area (Å²) in [4.78, 5) is 14.0. The third-order valence-electron chi connectivity index (χ3n) is 3.04. The molecule has 0 aliphatic rings. The van der Waals surface area contributed by atoms with E-state index in [4.69, 9.17) is 5.26 Å². The number of carbonyl (C=O) groups is 1. The zero-order valence-electron chi connectivity index (χ0n) is 12.4. The maximum Gasteiger partial charge on any atom is 0.271 e. The number of rotatable bonds is 4. The first-order valence-corrected chi connectivity index (χ1v) is 6.71. The Bertz CT molecular complexity index is 727. The zero-order chi connectivity index (χ0) is 15.9. The van der Waals surface area contributed by atoms with Crippen LogP contribution in [0.1, 0.15) is 21.5 Å². The Morgan fingerprint density at radius 2 is 1.95 bits per heavy atom. The quantitative estimate of drug-likeness (QED) is 0.695. The summed E-state index contributed by atoms with van der Waals surface area (Å²) in [6.07, 6.45) is 1.54. The fourth-order valence-corrected chi connectivity index (χ4v) is 1.80. The minimum atomic E-state index is -0.270. The van der Waals surface area contributed by atoms with Gasteiger partial charge in [0.05, 0.1) is 17.8 Å². The molecule has 0 saturated heterocycles. The van der Waals surface area contributed by atoms with E-state index in [9.17, 15) is 4.79 Å². The molecule has 1 amide bonds. The van der Waals surface area contributed by atoms with Crippen molar-refractivity contribution in [2.45, 2.75) is 0 Å². The van der Waals surface area contributed by atoms with Crippen LogP contribution in [0.15, 0.2) is 53.6 Å². The molecular weight excluding hydrogens is 276 g/mol. The maximum atomic E-state index is 12.0. The van der Waals surface area contributed by atoms with Gasteiger partial charge in [-0.1, -0.05) is 18.2 Å². The van der Waals surface area contributed by atoms with E-state index in [1.165, 1.54) is 6.21 Å². The van der Waals surface area contributed by atoms with Gasteiger partial charge in [-0.3, -0.25) is 4.79 Å². The third-order valence-corrected chi connectivity index (χ3v) is 3.04. The van der Waals surface area contributed by atoms with E-state index in [1.807, 2.05) is 37.2 Å². The zero-order valence-corrected chi connectivity index (χ0v) is 12.4. The summed E-state index contributed by atoms with van der Waals surface area (Å²) in [6.45, 7) is 0.